The lowest BCUT2D eigenvalue weighted by atomic mass is 10.0. The van der Waals surface area contributed by atoms with Gasteiger partial charge in [-0.2, -0.15) is 0 Å². The number of hydrogen-bond donors (Lipinski definition) is 1. The number of nitrogens with zero attached hydrogens (tertiary/aromatic N) is 2. The highest BCUT2D eigenvalue weighted by atomic mass is 19.1. The summed E-state index contributed by atoms with van der Waals surface area (Å²) in [5, 5.41) is 2.71. The van der Waals surface area contributed by atoms with Gasteiger partial charge in [-0.1, -0.05) is 13.0 Å². The highest BCUT2D eigenvalue weighted by molar-refractivity contribution is 6.05. The van der Waals surface area contributed by atoms with Gasteiger partial charge in [-0.25, -0.2) is 4.39 Å². The van der Waals surface area contributed by atoms with Gasteiger partial charge in [0.25, 0.3) is 11.8 Å². The second-order valence-electron chi connectivity index (χ2n) is 8.94. The van der Waals surface area contributed by atoms with E-state index in [0.717, 1.165) is 6.07 Å². The maximum atomic E-state index is 13.5. The Morgan fingerprint density at radius 2 is 1.89 bits per heavy atom. The topological polar surface area (TPSA) is 88.2 Å². The molecule has 1 aliphatic rings. The Balaban J connectivity index is 1.94. The molecule has 9 heteroatoms. The van der Waals surface area contributed by atoms with Crippen molar-refractivity contribution in [2.24, 2.45) is 5.92 Å². The quantitative estimate of drug-likeness (QED) is 0.720. The molecule has 0 aliphatic carbocycles. The van der Waals surface area contributed by atoms with E-state index in [1.165, 1.54) is 25.1 Å². The lowest BCUT2D eigenvalue weighted by Gasteiger charge is -2.35. The van der Waals surface area contributed by atoms with Crippen molar-refractivity contribution in [2.45, 2.75) is 32.9 Å². The Morgan fingerprint density at radius 3 is 2.54 bits per heavy atom. The molecule has 0 spiro atoms. The van der Waals surface area contributed by atoms with E-state index in [0.29, 0.717) is 24.3 Å². The molecular formula is C26H32FN3O5. The van der Waals surface area contributed by atoms with Crippen LogP contribution in [-0.4, -0.2) is 73.5 Å². The van der Waals surface area contributed by atoms with Gasteiger partial charge in [-0.05, 0) is 37.3 Å². The highest BCUT2D eigenvalue weighted by Crippen LogP contribution is 2.27. The molecule has 2 aromatic rings. The summed E-state index contributed by atoms with van der Waals surface area (Å²) in [5.41, 5.74) is 0.876. The fourth-order valence-corrected chi connectivity index (χ4v) is 4.12. The smallest absolute Gasteiger partial charge is 0.257 e. The number of methoxy groups -OCH3 is 1. The van der Waals surface area contributed by atoms with Crippen LogP contribution in [0.5, 0.6) is 5.75 Å². The first-order valence-electron chi connectivity index (χ1n) is 11.5. The van der Waals surface area contributed by atoms with Gasteiger partial charge in [0.1, 0.15) is 18.2 Å². The van der Waals surface area contributed by atoms with Gasteiger partial charge in [0.2, 0.25) is 5.91 Å². The van der Waals surface area contributed by atoms with Crippen LogP contribution in [-0.2, 0) is 9.53 Å². The van der Waals surface area contributed by atoms with Gasteiger partial charge in [0.05, 0.1) is 17.7 Å². The van der Waals surface area contributed by atoms with Crippen molar-refractivity contribution in [3.63, 3.8) is 0 Å². The number of benzene rings is 2. The average Bonchev–Trinajstić information content (AvgIpc) is 2.82. The number of ether oxygens (including phenoxy) is 2. The van der Waals surface area contributed by atoms with E-state index in [9.17, 15) is 18.8 Å². The first-order valence-corrected chi connectivity index (χ1v) is 11.5. The van der Waals surface area contributed by atoms with Crippen molar-refractivity contribution in [3.8, 4) is 5.75 Å². The predicted octanol–water partition coefficient (Wildman–Crippen LogP) is 3.43. The third-order valence-corrected chi connectivity index (χ3v) is 6.20. The van der Waals surface area contributed by atoms with Crippen molar-refractivity contribution in [3.05, 3.63) is 59.4 Å². The number of rotatable bonds is 3. The van der Waals surface area contributed by atoms with Gasteiger partial charge >= 0.3 is 0 Å². The molecular weight excluding hydrogens is 453 g/mol. The van der Waals surface area contributed by atoms with Crippen LogP contribution in [0.3, 0.4) is 0 Å². The normalized spacial score (nSPS) is 21.3. The molecule has 35 heavy (non-hydrogen) atoms. The van der Waals surface area contributed by atoms with Crippen LogP contribution in [0, 0.1) is 11.7 Å². The van der Waals surface area contributed by atoms with Gasteiger partial charge in [-0.3, -0.25) is 14.4 Å². The Labute approximate surface area is 205 Å². The van der Waals surface area contributed by atoms with E-state index in [2.05, 4.69) is 5.32 Å². The van der Waals surface area contributed by atoms with Gasteiger partial charge in [0, 0.05) is 57.4 Å². The van der Waals surface area contributed by atoms with E-state index in [1.54, 1.807) is 42.2 Å². The number of fused-ring (bicyclic) bond motifs is 1. The number of hydrogen-bond acceptors (Lipinski definition) is 5. The molecule has 1 N–H and O–H groups in total. The largest absolute Gasteiger partial charge is 0.491 e. The van der Waals surface area contributed by atoms with E-state index < -0.39 is 11.7 Å². The number of amides is 3. The highest BCUT2D eigenvalue weighted by Gasteiger charge is 2.29. The molecule has 0 saturated carbocycles. The second kappa shape index (κ2) is 11.3. The van der Waals surface area contributed by atoms with Crippen LogP contribution >= 0.6 is 0 Å². The average molecular weight is 486 g/mol. The van der Waals surface area contributed by atoms with Crippen molar-refractivity contribution in [2.75, 3.05) is 39.2 Å². The SMILES string of the molecule is CO[C@H]1CN(C)C(=O)c2ccc(NC(=O)c3cccc(F)c3)cc2OC[C@@H](C)N(C(C)=O)C[C@H]1C. The molecule has 1 aliphatic heterocycles. The minimum atomic E-state index is -0.514. The summed E-state index contributed by atoms with van der Waals surface area (Å²) in [4.78, 5) is 41.5. The number of carbonyl (C=O) groups is 3. The van der Waals surface area contributed by atoms with Crippen molar-refractivity contribution in [1.29, 1.82) is 0 Å². The standard InChI is InChI=1S/C26H32FN3O5/c1-16-13-30(18(3)31)17(2)15-35-23-12-21(28-25(32)19-7-6-8-20(27)11-19)9-10-22(23)26(33)29(4)14-24(16)34-5/h6-12,16-17,24H,13-15H2,1-5H3,(H,28,32)/t16-,17-,24+/m1/s1. The summed E-state index contributed by atoms with van der Waals surface area (Å²) in [7, 11) is 3.28. The van der Waals surface area contributed by atoms with Gasteiger partial charge < -0.3 is 24.6 Å². The minimum Gasteiger partial charge on any atom is -0.491 e. The van der Waals surface area contributed by atoms with E-state index >= 15 is 0 Å². The molecule has 0 fully saturated rings. The fourth-order valence-electron chi connectivity index (χ4n) is 4.12. The van der Waals surface area contributed by atoms with Gasteiger partial charge in [0.15, 0.2) is 0 Å². The van der Waals surface area contributed by atoms with Crippen LogP contribution in [0.15, 0.2) is 42.5 Å². The Hall–Kier alpha value is -3.46. The monoisotopic (exact) mass is 485 g/mol. The van der Waals surface area contributed by atoms with Gasteiger partial charge in [-0.15, -0.1) is 0 Å². The molecule has 2 aromatic carbocycles. The zero-order valence-electron chi connectivity index (χ0n) is 20.7. The summed E-state index contributed by atoms with van der Waals surface area (Å²) >= 11 is 0. The zero-order valence-corrected chi connectivity index (χ0v) is 20.7. The third-order valence-electron chi connectivity index (χ3n) is 6.20. The molecule has 0 radical (unpaired) electrons. The van der Waals surface area contributed by atoms with E-state index in [-0.39, 0.29) is 47.8 Å². The van der Waals surface area contributed by atoms with Crippen LogP contribution in [0.4, 0.5) is 10.1 Å². The molecule has 3 amide bonds. The maximum absolute atomic E-state index is 13.5. The first-order chi connectivity index (χ1) is 16.6. The van der Waals surface area contributed by atoms with E-state index in [1.807, 2.05) is 13.8 Å². The number of halogens is 1. The van der Waals surface area contributed by atoms with Crippen LogP contribution < -0.4 is 10.1 Å². The second-order valence-corrected chi connectivity index (χ2v) is 8.94. The number of likely N-dealkylation sites (N-methyl/N-ethyl adjacent to an activating group) is 1. The summed E-state index contributed by atoms with van der Waals surface area (Å²) in [6, 6.07) is 9.84. The van der Waals surface area contributed by atoms with Crippen molar-refractivity contribution >= 4 is 23.4 Å². The van der Waals surface area contributed by atoms with Crippen molar-refractivity contribution < 1.29 is 28.2 Å². The number of carbonyl (C=O) groups excluding carboxylic acids is 3. The van der Waals surface area contributed by atoms with Crippen LogP contribution in [0.25, 0.3) is 0 Å². The summed E-state index contributed by atoms with van der Waals surface area (Å²) in [5.74, 6) is -1.08. The Morgan fingerprint density at radius 1 is 1.14 bits per heavy atom. The first kappa shape index (κ1) is 26.2. The summed E-state index contributed by atoms with van der Waals surface area (Å²) in [6.45, 7) is 6.31. The molecule has 0 unspecified atom stereocenters. The zero-order chi connectivity index (χ0) is 25.7. The van der Waals surface area contributed by atoms with Crippen molar-refractivity contribution in [1.82, 2.24) is 9.80 Å². The minimum absolute atomic E-state index is 0.0130. The Kier molecular flexibility index (Phi) is 8.45. The maximum Gasteiger partial charge on any atom is 0.257 e. The predicted molar refractivity (Wildman–Crippen MR) is 130 cm³/mol. The molecule has 8 nitrogen and oxygen atoms in total. The summed E-state index contributed by atoms with van der Waals surface area (Å²) < 4.78 is 25.2. The Bertz CT molecular complexity index is 1090. The number of nitrogens with one attached hydrogen (secondary N) is 1. The molecule has 0 saturated heterocycles. The molecule has 188 valence electrons. The number of anilines is 1. The molecule has 3 rings (SSSR count). The molecule has 0 bridgehead atoms. The molecule has 0 aromatic heterocycles. The molecule has 1 heterocycles. The van der Waals surface area contributed by atoms with E-state index in [4.69, 9.17) is 9.47 Å². The van der Waals surface area contributed by atoms with Crippen LogP contribution in [0.2, 0.25) is 0 Å². The van der Waals surface area contributed by atoms with Crippen LogP contribution in [0.1, 0.15) is 41.5 Å². The lowest BCUT2D eigenvalue weighted by Crippen LogP contribution is -2.48. The molecule has 3 atom stereocenters. The fraction of sp³-hybridized carbons (Fsp3) is 0.423. The summed E-state index contributed by atoms with van der Waals surface area (Å²) in [6.07, 6.45) is -0.272. The lowest BCUT2D eigenvalue weighted by molar-refractivity contribution is -0.133. The third kappa shape index (κ3) is 6.36.